The summed E-state index contributed by atoms with van der Waals surface area (Å²) < 4.78 is 0. The first kappa shape index (κ1) is 32.8. The molecule has 10 nitrogen and oxygen atoms in total. The van der Waals surface area contributed by atoms with Gasteiger partial charge in [-0.15, -0.1) is 10.1 Å². The average Bonchev–Trinajstić information content (AvgIpc) is 2.95. The van der Waals surface area contributed by atoms with E-state index < -0.39 is 5.09 Å². The number of hydroxylamine groups is 2. The van der Waals surface area contributed by atoms with Gasteiger partial charge < -0.3 is 9.74 Å². The summed E-state index contributed by atoms with van der Waals surface area (Å²) >= 11 is 0. The zero-order valence-corrected chi connectivity index (χ0v) is 24.1. The summed E-state index contributed by atoms with van der Waals surface area (Å²) in [6.07, 6.45) is 18.4. The molecule has 2 heterocycles. The minimum absolute atomic E-state index is 0.211. The van der Waals surface area contributed by atoms with Gasteiger partial charge in [0.1, 0.15) is 5.82 Å². The van der Waals surface area contributed by atoms with E-state index in [4.69, 9.17) is 0 Å². The molecule has 2 rings (SSSR count). The molecular weight excluding hydrogens is 498 g/mol. The molecule has 0 aliphatic carbocycles. The van der Waals surface area contributed by atoms with E-state index in [0.717, 1.165) is 82.1 Å². The Morgan fingerprint density at radius 1 is 0.923 bits per heavy atom. The molecule has 0 bridgehead atoms. The van der Waals surface area contributed by atoms with Crippen LogP contribution in [0.25, 0.3) is 0 Å². The highest BCUT2D eigenvalue weighted by Crippen LogP contribution is 2.16. The van der Waals surface area contributed by atoms with Crippen LogP contribution in [0.4, 0.5) is 5.82 Å². The van der Waals surface area contributed by atoms with Crippen LogP contribution in [0.1, 0.15) is 114 Å². The highest BCUT2D eigenvalue weighted by atomic mass is 16.9. The number of rotatable bonds is 22. The molecule has 1 aromatic rings. The van der Waals surface area contributed by atoms with Gasteiger partial charge >= 0.3 is 0 Å². The van der Waals surface area contributed by atoms with Crippen molar-refractivity contribution >= 4 is 11.7 Å². The number of hydrogen-bond acceptors (Lipinski definition) is 8. The van der Waals surface area contributed by atoms with Gasteiger partial charge in [0.15, 0.2) is 0 Å². The van der Waals surface area contributed by atoms with Crippen molar-refractivity contribution in [2.45, 2.75) is 103 Å². The van der Waals surface area contributed by atoms with Gasteiger partial charge in [0.05, 0.1) is 12.2 Å². The summed E-state index contributed by atoms with van der Waals surface area (Å²) in [4.78, 5) is 36.2. The lowest BCUT2D eigenvalue weighted by atomic mass is 10.0. The Morgan fingerprint density at radius 2 is 1.49 bits per heavy atom. The first-order valence-corrected chi connectivity index (χ1v) is 15.2. The fraction of sp³-hybridized carbons (Fsp3) is 0.793. The molecule has 1 N–H and O–H groups in total. The molecule has 39 heavy (non-hydrogen) atoms. The SMILES string of the molecule is CCCCN1CCN(c2ccc(C(=O)N(O)CCCCCCCCCCCCCCCO[N+](=O)[O-])cn2)CC1. The first-order chi connectivity index (χ1) is 19.0. The van der Waals surface area contributed by atoms with E-state index in [0.29, 0.717) is 12.1 Å². The van der Waals surface area contributed by atoms with Gasteiger partial charge in [-0.25, -0.2) is 10.0 Å². The molecule has 0 radical (unpaired) electrons. The van der Waals surface area contributed by atoms with Crippen molar-refractivity contribution < 1.29 is 19.9 Å². The van der Waals surface area contributed by atoms with E-state index in [2.05, 4.69) is 26.5 Å². The molecule has 0 aromatic carbocycles. The van der Waals surface area contributed by atoms with E-state index in [9.17, 15) is 20.1 Å². The summed E-state index contributed by atoms with van der Waals surface area (Å²) in [5.41, 5.74) is 0.423. The highest BCUT2D eigenvalue weighted by molar-refractivity contribution is 5.93. The van der Waals surface area contributed by atoms with Crippen LogP contribution < -0.4 is 4.90 Å². The Hall–Kier alpha value is -2.46. The highest BCUT2D eigenvalue weighted by Gasteiger charge is 2.19. The smallest absolute Gasteiger partial charge is 0.294 e. The lowest BCUT2D eigenvalue weighted by molar-refractivity contribution is -0.757. The number of aromatic nitrogens is 1. The number of amides is 1. The number of anilines is 1. The summed E-state index contributed by atoms with van der Waals surface area (Å²) in [5.74, 6) is 0.507. The third-order valence-electron chi connectivity index (χ3n) is 7.46. The lowest BCUT2D eigenvalue weighted by Crippen LogP contribution is -2.46. The van der Waals surface area contributed by atoms with Crippen molar-refractivity contribution in [1.29, 1.82) is 0 Å². The van der Waals surface area contributed by atoms with E-state index in [1.54, 1.807) is 12.3 Å². The molecule has 0 saturated carbocycles. The van der Waals surface area contributed by atoms with Crippen molar-refractivity contribution in [1.82, 2.24) is 14.9 Å². The number of hydrogen-bond donors (Lipinski definition) is 1. The van der Waals surface area contributed by atoms with Crippen LogP contribution in [0.15, 0.2) is 18.3 Å². The molecule has 1 amide bonds. The van der Waals surface area contributed by atoms with Crippen molar-refractivity contribution in [3.63, 3.8) is 0 Å². The van der Waals surface area contributed by atoms with Crippen molar-refractivity contribution in [2.24, 2.45) is 0 Å². The maximum absolute atomic E-state index is 12.6. The predicted molar refractivity (Wildman–Crippen MR) is 154 cm³/mol. The number of carbonyl (C=O) groups excluding carboxylic acids is 1. The standard InChI is InChI=1S/C29H51N5O5/c1-2-3-19-31-21-23-32(24-22-31)28-18-17-27(26-30-28)29(35)33(36)20-15-13-11-9-7-5-4-6-8-10-12-14-16-25-39-34(37)38/h17-18,26,36H,2-16,19-25H2,1H3. The maximum Gasteiger partial charge on any atom is 0.294 e. The minimum Gasteiger partial charge on any atom is -0.354 e. The van der Waals surface area contributed by atoms with Gasteiger partial charge in [-0.2, -0.15) is 0 Å². The number of piperazine rings is 1. The van der Waals surface area contributed by atoms with E-state index in [1.807, 2.05) is 6.07 Å². The predicted octanol–water partition coefficient (Wildman–Crippen LogP) is 6.11. The van der Waals surface area contributed by atoms with E-state index in [-0.39, 0.29) is 12.5 Å². The van der Waals surface area contributed by atoms with Crippen LogP contribution >= 0.6 is 0 Å². The van der Waals surface area contributed by atoms with Crippen LogP contribution in [0, 0.1) is 10.1 Å². The lowest BCUT2D eigenvalue weighted by Gasteiger charge is -2.35. The van der Waals surface area contributed by atoms with Gasteiger partial charge in [-0.1, -0.05) is 84.0 Å². The van der Waals surface area contributed by atoms with Crippen LogP contribution in [0.3, 0.4) is 0 Å². The molecule has 0 atom stereocenters. The van der Waals surface area contributed by atoms with E-state index in [1.165, 1.54) is 57.8 Å². The Morgan fingerprint density at radius 3 is 2.00 bits per heavy atom. The summed E-state index contributed by atoms with van der Waals surface area (Å²) in [7, 11) is 0. The number of nitrogens with zero attached hydrogens (tertiary/aromatic N) is 5. The largest absolute Gasteiger partial charge is 0.354 e. The van der Waals surface area contributed by atoms with E-state index >= 15 is 0 Å². The molecule has 1 aliphatic rings. The van der Waals surface area contributed by atoms with Crippen molar-refractivity contribution in [2.75, 3.05) is 50.8 Å². The molecule has 10 heteroatoms. The quantitative estimate of drug-likeness (QED) is 0.0797. The van der Waals surface area contributed by atoms with Gasteiger partial charge in [-0.05, 0) is 37.9 Å². The monoisotopic (exact) mass is 549 g/mol. The van der Waals surface area contributed by atoms with Gasteiger partial charge in [0.25, 0.3) is 11.0 Å². The Labute approximate surface area is 234 Å². The first-order valence-electron chi connectivity index (χ1n) is 15.2. The van der Waals surface area contributed by atoms with Crippen LogP contribution in [-0.4, -0.2) is 77.0 Å². The fourth-order valence-corrected chi connectivity index (χ4v) is 4.98. The van der Waals surface area contributed by atoms with Crippen molar-refractivity contribution in [3.8, 4) is 0 Å². The third-order valence-corrected chi connectivity index (χ3v) is 7.46. The summed E-state index contributed by atoms with van der Waals surface area (Å²) in [5, 5.41) is 20.4. The minimum atomic E-state index is -0.724. The number of carbonyl (C=O) groups is 1. The maximum atomic E-state index is 12.6. The second-order valence-electron chi connectivity index (χ2n) is 10.7. The molecule has 0 unspecified atom stereocenters. The molecule has 1 fully saturated rings. The summed E-state index contributed by atoms with van der Waals surface area (Å²) in [6, 6.07) is 3.66. The molecular formula is C29H51N5O5. The fourth-order valence-electron chi connectivity index (χ4n) is 4.98. The second-order valence-corrected chi connectivity index (χ2v) is 10.7. The number of pyridine rings is 1. The summed E-state index contributed by atoms with van der Waals surface area (Å²) in [6.45, 7) is 7.92. The topological polar surface area (TPSA) is 112 Å². The second kappa shape index (κ2) is 20.4. The molecule has 0 spiro atoms. The normalized spacial score (nSPS) is 13.9. The molecule has 1 saturated heterocycles. The van der Waals surface area contributed by atoms with Crippen LogP contribution in [-0.2, 0) is 4.84 Å². The third kappa shape index (κ3) is 14.5. The van der Waals surface area contributed by atoms with Gasteiger partial charge in [0.2, 0.25) is 0 Å². The van der Waals surface area contributed by atoms with Gasteiger partial charge in [-0.3, -0.25) is 14.9 Å². The zero-order chi connectivity index (χ0) is 28.1. The van der Waals surface area contributed by atoms with Crippen LogP contribution in [0.5, 0.6) is 0 Å². The van der Waals surface area contributed by atoms with Crippen LogP contribution in [0.2, 0.25) is 0 Å². The molecule has 1 aliphatic heterocycles. The number of unbranched alkanes of at least 4 members (excludes halogenated alkanes) is 13. The molecule has 1 aromatic heterocycles. The Kier molecular flexibility index (Phi) is 17.2. The zero-order valence-electron chi connectivity index (χ0n) is 24.1. The van der Waals surface area contributed by atoms with Gasteiger partial charge in [0, 0.05) is 38.9 Å². The Balaban J connectivity index is 1.45. The molecule has 222 valence electrons. The Bertz CT molecular complexity index is 787. The average molecular weight is 550 g/mol. The van der Waals surface area contributed by atoms with Crippen molar-refractivity contribution in [3.05, 3.63) is 34.0 Å².